The molecule has 0 bridgehead atoms. The van der Waals surface area contributed by atoms with E-state index in [4.69, 9.17) is 4.74 Å². The molecular weight excluding hydrogens is 556 g/mol. The molecule has 1 heterocycles. The van der Waals surface area contributed by atoms with Crippen LogP contribution in [0, 0.1) is 0 Å². The number of hydrogen-bond donors (Lipinski definition) is 1. The fraction of sp³-hybridized carbons (Fsp3) is 0.531. The molecule has 0 aromatic heterocycles. The molecule has 38 heavy (non-hydrogen) atoms. The molecular formula is C32H47BrN2O2S. The molecule has 210 valence electrons. The number of nitrogens with one attached hydrogen (secondary N) is 1. The smallest absolute Gasteiger partial charge is 0.228 e. The summed E-state index contributed by atoms with van der Waals surface area (Å²) in [4.78, 5) is 14.9. The Balaban J connectivity index is 0.00000507. The molecule has 0 fully saturated rings. The minimum absolute atomic E-state index is 0. The van der Waals surface area contributed by atoms with Crippen molar-refractivity contribution in [2.24, 2.45) is 0 Å². The summed E-state index contributed by atoms with van der Waals surface area (Å²) in [6, 6.07) is 16.0. The van der Waals surface area contributed by atoms with E-state index in [0.717, 1.165) is 48.0 Å². The lowest BCUT2D eigenvalue weighted by atomic mass is 10.1. The fourth-order valence-corrected chi connectivity index (χ4v) is 5.34. The van der Waals surface area contributed by atoms with Gasteiger partial charge in [0.25, 0.3) is 0 Å². The minimum atomic E-state index is 0. The summed E-state index contributed by atoms with van der Waals surface area (Å²) in [6.45, 7) is 3.84. The van der Waals surface area contributed by atoms with E-state index in [1.54, 1.807) is 11.8 Å². The van der Waals surface area contributed by atoms with Crippen LogP contribution in [-0.2, 0) is 17.8 Å². The summed E-state index contributed by atoms with van der Waals surface area (Å²) in [5, 5.41) is 5.20. The van der Waals surface area contributed by atoms with E-state index in [1.807, 2.05) is 42.5 Å². The second kappa shape index (κ2) is 20.0. The highest BCUT2D eigenvalue weighted by molar-refractivity contribution is 8.93. The molecule has 0 unspecified atom stereocenters. The minimum Gasteiger partial charge on any atom is -0.494 e. The number of anilines is 1. The standard InChI is InChI=1S/C32H46N2O2S.BrH/c1-2-3-4-5-6-7-8-9-10-11-12-15-23-36-30-20-18-28(19-21-30)25-32(35)33-31-17-14-13-16-29(31)26-34-22-24-37-27-34;/h13-14,16-22,24H,2-12,15,23,25-27H2,1H3,(H,33,35);1H. The van der Waals surface area contributed by atoms with Crippen LogP contribution in [0.3, 0.4) is 0 Å². The van der Waals surface area contributed by atoms with Crippen LogP contribution in [0.15, 0.2) is 60.1 Å². The van der Waals surface area contributed by atoms with Gasteiger partial charge in [-0.2, -0.15) is 0 Å². The average Bonchev–Trinajstić information content (AvgIpc) is 3.42. The van der Waals surface area contributed by atoms with E-state index in [1.165, 1.54) is 70.6 Å². The lowest BCUT2D eigenvalue weighted by molar-refractivity contribution is -0.115. The Morgan fingerprint density at radius 1 is 0.868 bits per heavy atom. The van der Waals surface area contributed by atoms with E-state index < -0.39 is 0 Å². The number of amides is 1. The first-order valence-corrected chi connectivity index (χ1v) is 15.4. The average molecular weight is 604 g/mol. The number of carbonyl (C=O) groups is 1. The Labute approximate surface area is 245 Å². The predicted octanol–water partition coefficient (Wildman–Crippen LogP) is 9.50. The molecule has 1 N–H and O–H groups in total. The zero-order valence-corrected chi connectivity index (χ0v) is 25.7. The molecule has 0 aliphatic carbocycles. The van der Waals surface area contributed by atoms with Gasteiger partial charge in [0.05, 0.1) is 18.9 Å². The number of thioether (sulfide) groups is 1. The molecule has 1 aliphatic rings. The van der Waals surface area contributed by atoms with Crippen molar-refractivity contribution in [3.63, 3.8) is 0 Å². The van der Waals surface area contributed by atoms with Gasteiger partial charge in [-0.05, 0) is 41.2 Å². The number of para-hydroxylation sites is 1. The van der Waals surface area contributed by atoms with Crippen LogP contribution in [0.1, 0.15) is 95.1 Å². The van der Waals surface area contributed by atoms with E-state index in [-0.39, 0.29) is 22.9 Å². The number of benzene rings is 2. The van der Waals surface area contributed by atoms with Gasteiger partial charge in [0, 0.05) is 18.4 Å². The molecule has 0 spiro atoms. The summed E-state index contributed by atoms with van der Waals surface area (Å²) in [5.41, 5.74) is 3.01. The molecule has 2 aromatic rings. The van der Waals surface area contributed by atoms with Crippen LogP contribution in [0.25, 0.3) is 0 Å². The van der Waals surface area contributed by atoms with Crippen LogP contribution in [0.4, 0.5) is 5.69 Å². The maximum atomic E-state index is 12.7. The molecule has 3 rings (SSSR count). The van der Waals surface area contributed by atoms with Crippen molar-refractivity contribution < 1.29 is 9.53 Å². The number of carbonyl (C=O) groups excluding carboxylic acids is 1. The first-order chi connectivity index (χ1) is 18.2. The van der Waals surface area contributed by atoms with E-state index in [2.05, 4.69) is 34.8 Å². The molecule has 0 saturated heterocycles. The van der Waals surface area contributed by atoms with E-state index >= 15 is 0 Å². The lowest BCUT2D eigenvalue weighted by Gasteiger charge is -2.17. The van der Waals surface area contributed by atoms with Crippen molar-refractivity contribution in [2.75, 3.05) is 17.8 Å². The SMILES string of the molecule is Br.CCCCCCCCCCCCCCOc1ccc(CC(=O)Nc2ccccc2CN2C=CSC2)cc1. The third-order valence-electron chi connectivity index (χ3n) is 6.83. The van der Waals surface area contributed by atoms with Gasteiger partial charge in [-0.3, -0.25) is 4.79 Å². The zero-order chi connectivity index (χ0) is 26.0. The molecule has 1 amide bonds. The normalized spacial score (nSPS) is 12.4. The van der Waals surface area contributed by atoms with E-state index in [0.29, 0.717) is 6.42 Å². The largest absolute Gasteiger partial charge is 0.494 e. The third-order valence-corrected chi connectivity index (χ3v) is 7.62. The quantitative estimate of drug-likeness (QED) is 0.162. The monoisotopic (exact) mass is 602 g/mol. The Kier molecular flexibility index (Phi) is 17.0. The van der Waals surface area contributed by atoms with Crippen molar-refractivity contribution in [3.05, 3.63) is 71.3 Å². The van der Waals surface area contributed by atoms with Gasteiger partial charge < -0.3 is 15.0 Å². The van der Waals surface area contributed by atoms with Gasteiger partial charge in [-0.25, -0.2) is 0 Å². The lowest BCUT2D eigenvalue weighted by Crippen LogP contribution is -2.18. The Morgan fingerprint density at radius 3 is 2.13 bits per heavy atom. The zero-order valence-electron chi connectivity index (χ0n) is 23.2. The first kappa shape index (κ1) is 32.3. The molecule has 0 radical (unpaired) electrons. The van der Waals surface area contributed by atoms with Crippen molar-refractivity contribution >= 4 is 40.3 Å². The summed E-state index contributed by atoms with van der Waals surface area (Å²) >= 11 is 1.79. The van der Waals surface area contributed by atoms with Crippen LogP contribution in [0.2, 0.25) is 0 Å². The van der Waals surface area contributed by atoms with Crippen LogP contribution in [0.5, 0.6) is 5.75 Å². The number of hydrogen-bond acceptors (Lipinski definition) is 4. The molecule has 0 saturated carbocycles. The summed E-state index contributed by atoms with van der Waals surface area (Å²) in [7, 11) is 0. The first-order valence-electron chi connectivity index (χ1n) is 14.4. The topological polar surface area (TPSA) is 41.6 Å². The summed E-state index contributed by atoms with van der Waals surface area (Å²) in [6.07, 6.45) is 18.6. The molecule has 2 aromatic carbocycles. The second-order valence-electron chi connectivity index (χ2n) is 10.1. The highest BCUT2D eigenvalue weighted by atomic mass is 79.9. The maximum absolute atomic E-state index is 12.7. The Morgan fingerprint density at radius 2 is 1.50 bits per heavy atom. The van der Waals surface area contributed by atoms with Crippen molar-refractivity contribution in [3.8, 4) is 5.75 Å². The fourth-order valence-electron chi connectivity index (χ4n) is 4.62. The van der Waals surface area contributed by atoms with Gasteiger partial charge in [-0.15, -0.1) is 28.7 Å². The van der Waals surface area contributed by atoms with Gasteiger partial charge in [0.2, 0.25) is 5.91 Å². The number of unbranched alkanes of at least 4 members (excludes halogenated alkanes) is 11. The van der Waals surface area contributed by atoms with Gasteiger partial charge >= 0.3 is 0 Å². The number of nitrogens with zero attached hydrogens (tertiary/aromatic N) is 1. The van der Waals surface area contributed by atoms with Crippen LogP contribution < -0.4 is 10.1 Å². The number of halogens is 1. The third kappa shape index (κ3) is 13.2. The predicted molar refractivity (Wildman–Crippen MR) is 169 cm³/mol. The van der Waals surface area contributed by atoms with Gasteiger partial charge in [-0.1, -0.05) is 108 Å². The van der Waals surface area contributed by atoms with Crippen LogP contribution >= 0.6 is 28.7 Å². The van der Waals surface area contributed by atoms with Gasteiger partial charge in [0.1, 0.15) is 5.75 Å². The summed E-state index contributed by atoms with van der Waals surface area (Å²) < 4.78 is 5.92. The second-order valence-corrected chi connectivity index (χ2v) is 11.0. The molecule has 1 aliphatic heterocycles. The van der Waals surface area contributed by atoms with Gasteiger partial charge in [0.15, 0.2) is 0 Å². The molecule has 4 nitrogen and oxygen atoms in total. The highest BCUT2D eigenvalue weighted by Crippen LogP contribution is 2.23. The van der Waals surface area contributed by atoms with E-state index in [9.17, 15) is 4.79 Å². The van der Waals surface area contributed by atoms with Crippen LogP contribution in [-0.4, -0.2) is 23.3 Å². The van der Waals surface area contributed by atoms with Crippen molar-refractivity contribution in [1.29, 1.82) is 0 Å². The summed E-state index contributed by atoms with van der Waals surface area (Å²) in [5.74, 6) is 1.84. The Hall–Kier alpha value is -1.92. The van der Waals surface area contributed by atoms with Crippen molar-refractivity contribution in [2.45, 2.75) is 96.9 Å². The number of ether oxygens (including phenoxy) is 1. The number of rotatable bonds is 19. The molecule has 6 heteroatoms. The molecule has 0 atom stereocenters. The van der Waals surface area contributed by atoms with Crippen molar-refractivity contribution in [1.82, 2.24) is 4.90 Å². The Bertz CT molecular complexity index is 935. The maximum Gasteiger partial charge on any atom is 0.228 e. The highest BCUT2D eigenvalue weighted by Gasteiger charge is 2.11.